The maximum atomic E-state index is 12.1. The Balaban J connectivity index is 1.28. The Hall–Kier alpha value is -3.12. The molecule has 2 aromatic carbocycles. The molecule has 0 aliphatic carbocycles. The van der Waals surface area contributed by atoms with Gasteiger partial charge >= 0.3 is 6.09 Å². The standard InChI is InChI=1S/C23H24N4O2/c28-22-25-21-9-5-4-8-20(21)23(29-22)10-12-26(13-11-23)16-19-14-24-17-27(19)15-18-6-2-1-3-7-18/h1-9,14,17H,10-13,15-16H2,(H,25,28). The normalized spacial score (nSPS) is 18.1. The van der Waals surface area contributed by atoms with Gasteiger partial charge in [-0.05, 0) is 11.6 Å². The van der Waals surface area contributed by atoms with E-state index in [1.165, 1.54) is 11.3 Å². The van der Waals surface area contributed by atoms with Crippen molar-refractivity contribution in [3.63, 3.8) is 0 Å². The largest absolute Gasteiger partial charge is 0.438 e. The Labute approximate surface area is 170 Å². The molecular weight excluding hydrogens is 364 g/mol. The number of imidazole rings is 1. The van der Waals surface area contributed by atoms with Crippen LogP contribution < -0.4 is 5.32 Å². The molecule has 0 unspecified atom stereocenters. The highest BCUT2D eigenvalue weighted by atomic mass is 16.6. The van der Waals surface area contributed by atoms with Gasteiger partial charge in [-0.1, -0.05) is 48.5 Å². The van der Waals surface area contributed by atoms with Crippen molar-refractivity contribution < 1.29 is 9.53 Å². The van der Waals surface area contributed by atoms with Crippen LogP contribution in [0.5, 0.6) is 0 Å². The Morgan fingerprint density at radius 2 is 1.76 bits per heavy atom. The summed E-state index contributed by atoms with van der Waals surface area (Å²) in [7, 11) is 0. The van der Waals surface area contributed by atoms with Gasteiger partial charge in [-0.25, -0.2) is 9.78 Å². The number of benzene rings is 2. The molecule has 1 saturated heterocycles. The fourth-order valence-electron chi connectivity index (χ4n) is 4.43. The van der Waals surface area contributed by atoms with E-state index in [1.54, 1.807) is 0 Å². The molecule has 1 spiro atoms. The number of anilines is 1. The van der Waals surface area contributed by atoms with E-state index in [1.807, 2.05) is 36.8 Å². The number of hydrogen-bond donors (Lipinski definition) is 1. The molecule has 0 bridgehead atoms. The van der Waals surface area contributed by atoms with E-state index >= 15 is 0 Å². The molecule has 0 saturated carbocycles. The van der Waals surface area contributed by atoms with Crippen LogP contribution in [-0.2, 0) is 23.4 Å². The summed E-state index contributed by atoms with van der Waals surface area (Å²) in [6.45, 7) is 3.41. The smallest absolute Gasteiger partial charge is 0.412 e. The molecule has 29 heavy (non-hydrogen) atoms. The second-order valence-electron chi connectivity index (χ2n) is 7.83. The molecule has 0 radical (unpaired) electrons. The van der Waals surface area contributed by atoms with E-state index in [0.717, 1.165) is 50.3 Å². The molecule has 1 N–H and O–H groups in total. The number of carbonyl (C=O) groups excluding carboxylic acids is 1. The predicted molar refractivity (Wildman–Crippen MR) is 111 cm³/mol. The molecule has 148 valence electrons. The highest BCUT2D eigenvalue weighted by Gasteiger charge is 2.44. The van der Waals surface area contributed by atoms with Gasteiger partial charge in [0.05, 0.1) is 17.7 Å². The third-order valence-corrected chi connectivity index (χ3v) is 5.99. The number of carbonyl (C=O) groups is 1. The zero-order valence-corrected chi connectivity index (χ0v) is 16.3. The molecule has 6 nitrogen and oxygen atoms in total. The molecular formula is C23H24N4O2. The first kappa shape index (κ1) is 17.9. The molecule has 1 amide bonds. The predicted octanol–water partition coefficient (Wildman–Crippen LogP) is 3.98. The van der Waals surface area contributed by atoms with Crippen LogP contribution in [0.4, 0.5) is 10.5 Å². The molecule has 2 aliphatic rings. The molecule has 2 aliphatic heterocycles. The number of fused-ring (bicyclic) bond motifs is 2. The maximum absolute atomic E-state index is 12.1. The number of ether oxygens (including phenoxy) is 1. The summed E-state index contributed by atoms with van der Waals surface area (Å²) in [6.07, 6.45) is 5.10. The van der Waals surface area contributed by atoms with E-state index < -0.39 is 5.60 Å². The van der Waals surface area contributed by atoms with Gasteiger partial charge in [0.1, 0.15) is 5.60 Å². The Kier molecular flexibility index (Phi) is 4.56. The van der Waals surface area contributed by atoms with Crippen molar-refractivity contribution in [3.05, 3.63) is 83.9 Å². The third kappa shape index (κ3) is 3.51. The SMILES string of the molecule is O=C1Nc2ccccc2C2(CCN(Cc3cncn3Cc3ccccc3)CC2)O1. The topological polar surface area (TPSA) is 59.4 Å². The summed E-state index contributed by atoms with van der Waals surface area (Å²) in [4.78, 5) is 18.9. The van der Waals surface area contributed by atoms with E-state index in [2.05, 4.69) is 50.1 Å². The average molecular weight is 388 g/mol. The minimum absolute atomic E-state index is 0.349. The Morgan fingerprint density at radius 3 is 2.59 bits per heavy atom. The lowest BCUT2D eigenvalue weighted by molar-refractivity contribution is -0.0396. The van der Waals surface area contributed by atoms with Crippen LogP contribution >= 0.6 is 0 Å². The zero-order valence-electron chi connectivity index (χ0n) is 16.3. The van der Waals surface area contributed by atoms with Crippen molar-refractivity contribution in [2.75, 3.05) is 18.4 Å². The number of nitrogens with zero attached hydrogens (tertiary/aromatic N) is 3. The lowest BCUT2D eigenvalue weighted by Crippen LogP contribution is -2.48. The third-order valence-electron chi connectivity index (χ3n) is 5.99. The minimum Gasteiger partial charge on any atom is -0.438 e. The summed E-state index contributed by atoms with van der Waals surface area (Å²) in [6, 6.07) is 18.4. The number of aromatic nitrogens is 2. The van der Waals surface area contributed by atoms with Gasteiger partial charge in [-0.2, -0.15) is 0 Å². The number of nitrogens with one attached hydrogen (secondary N) is 1. The second-order valence-corrected chi connectivity index (χ2v) is 7.83. The van der Waals surface area contributed by atoms with Crippen LogP contribution in [0.3, 0.4) is 0 Å². The molecule has 1 fully saturated rings. The van der Waals surface area contributed by atoms with Crippen LogP contribution in [0.25, 0.3) is 0 Å². The van der Waals surface area contributed by atoms with Crippen LogP contribution in [0.2, 0.25) is 0 Å². The number of amides is 1. The summed E-state index contributed by atoms with van der Waals surface area (Å²) < 4.78 is 8.04. The van der Waals surface area contributed by atoms with Crippen LogP contribution in [0, 0.1) is 0 Å². The van der Waals surface area contributed by atoms with E-state index in [0.29, 0.717) is 0 Å². The van der Waals surface area contributed by atoms with Gasteiger partial charge in [0.15, 0.2) is 0 Å². The quantitative estimate of drug-likeness (QED) is 0.734. The lowest BCUT2D eigenvalue weighted by Gasteiger charge is -2.44. The first-order valence-corrected chi connectivity index (χ1v) is 10.1. The lowest BCUT2D eigenvalue weighted by atomic mass is 9.82. The number of hydrogen-bond acceptors (Lipinski definition) is 4. The van der Waals surface area contributed by atoms with Gasteiger partial charge < -0.3 is 9.30 Å². The highest BCUT2D eigenvalue weighted by molar-refractivity contribution is 5.88. The Morgan fingerprint density at radius 1 is 1.00 bits per heavy atom. The van der Waals surface area contributed by atoms with Crippen LogP contribution in [0.1, 0.15) is 29.7 Å². The van der Waals surface area contributed by atoms with E-state index in [-0.39, 0.29) is 6.09 Å². The molecule has 1 aromatic heterocycles. The van der Waals surface area contributed by atoms with Gasteiger partial charge in [-0.3, -0.25) is 10.2 Å². The number of para-hydroxylation sites is 1. The van der Waals surface area contributed by atoms with Crippen molar-refractivity contribution in [2.45, 2.75) is 31.5 Å². The highest BCUT2D eigenvalue weighted by Crippen LogP contribution is 2.43. The molecule has 0 atom stereocenters. The zero-order chi connectivity index (χ0) is 19.7. The molecule has 5 rings (SSSR count). The number of likely N-dealkylation sites (tertiary alicyclic amines) is 1. The first-order chi connectivity index (χ1) is 14.2. The fourth-order valence-corrected chi connectivity index (χ4v) is 4.43. The monoisotopic (exact) mass is 388 g/mol. The molecule has 3 heterocycles. The molecule has 6 heteroatoms. The van der Waals surface area contributed by atoms with Crippen molar-refractivity contribution in [1.82, 2.24) is 14.5 Å². The van der Waals surface area contributed by atoms with Gasteiger partial charge in [-0.15, -0.1) is 0 Å². The van der Waals surface area contributed by atoms with Gasteiger partial charge in [0, 0.05) is 50.8 Å². The second kappa shape index (κ2) is 7.37. The summed E-state index contributed by atoms with van der Waals surface area (Å²) in [5.41, 5.74) is 3.92. The summed E-state index contributed by atoms with van der Waals surface area (Å²) in [5.74, 6) is 0. The summed E-state index contributed by atoms with van der Waals surface area (Å²) >= 11 is 0. The first-order valence-electron chi connectivity index (χ1n) is 10.1. The summed E-state index contributed by atoms with van der Waals surface area (Å²) in [5, 5.41) is 2.82. The number of rotatable bonds is 4. The average Bonchev–Trinajstić information content (AvgIpc) is 3.17. The van der Waals surface area contributed by atoms with Crippen molar-refractivity contribution >= 4 is 11.8 Å². The fraction of sp³-hybridized carbons (Fsp3) is 0.304. The van der Waals surface area contributed by atoms with Gasteiger partial charge in [0.25, 0.3) is 0 Å². The van der Waals surface area contributed by atoms with Crippen molar-refractivity contribution in [2.24, 2.45) is 0 Å². The maximum Gasteiger partial charge on any atom is 0.412 e. The van der Waals surface area contributed by atoms with Crippen LogP contribution in [0.15, 0.2) is 67.1 Å². The van der Waals surface area contributed by atoms with Gasteiger partial charge in [0.2, 0.25) is 0 Å². The number of piperidine rings is 1. The van der Waals surface area contributed by atoms with Crippen molar-refractivity contribution in [3.8, 4) is 0 Å². The molecule has 3 aromatic rings. The Bertz CT molecular complexity index is 1010. The minimum atomic E-state index is -0.514. The van der Waals surface area contributed by atoms with Crippen LogP contribution in [-0.4, -0.2) is 33.6 Å². The van der Waals surface area contributed by atoms with E-state index in [4.69, 9.17) is 4.74 Å². The van der Waals surface area contributed by atoms with Crippen molar-refractivity contribution in [1.29, 1.82) is 0 Å². The van der Waals surface area contributed by atoms with E-state index in [9.17, 15) is 4.79 Å².